The van der Waals surface area contributed by atoms with E-state index in [1.165, 1.54) is 18.5 Å². The van der Waals surface area contributed by atoms with Crippen molar-refractivity contribution in [1.29, 1.82) is 0 Å². The van der Waals surface area contributed by atoms with Crippen LogP contribution in [0.3, 0.4) is 0 Å². The second kappa shape index (κ2) is 8.11. The lowest BCUT2D eigenvalue weighted by atomic mass is 9.95. The normalized spacial score (nSPS) is 18.6. The molecular formula is C18H30N2. The van der Waals surface area contributed by atoms with Crippen molar-refractivity contribution in [2.24, 2.45) is 0 Å². The lowest BCUT2D eigenvalue weighted by Crippen LogP contribution is -2.54. The Kier molecular flexibility index (Phi) is 6.80. The van der Waals surface area contributed by atoms with E-state index in [2.05, 4.69) is 55.9 Å². The number of rotatable bonds is 7. The molecule has 0 N–H and O–H groups in total. The largest absolute Gasteiger partial charge is 0.369 e. The second-order valence-corrected chi connectivity index (χ2v) is 5.96. The lowest BCUT2D eigenvalue weighted by Gasteiger charge is -2.45. The van der Waals surface area contributed by atoms with Crippen molar-refractivity contribution < 1.29 is 0 Å². The van der Waals surface area contributed by atoms with Gasteiger partial charge in [0, 0.05) is 37.4 Å². The molecule has 0 saturated carbocycles. The second-order valence-electron chi connectivity index (χ2n) is 5.96. The van der Waals surface area contributed by atoms with Crippen LogP contribution in [0.4, 0.5) is 0 Å². The molecule has 0 aromatic rings. The molecule has 0 spiro atoms. The molecule has 2 heteroatoms. The van der Waals surface area contributed by atoms with E-state index in [1.807, 2.05) is 18.2 Å². The van der Waals surface area contributed by atoms with E-state index in [4.69, 9.17) is 0 Å². The van der Waals surface area contributed by atoms with E-state index in [-0.39, 0.29) is 0 Å². The quantitative estimate of drug-likeness (QED) is 0.648. The summed E-state index contributed by atoms with van der Waals surface area (Å²) in [4.78, 5) is 5.05. The van der Waals surface area contributed by atoms with E-state index >= 15 is 0 Å². The number of hydrogen-bond acceptors (Lipinski definition) is 2. The Morgan fingerprint density at radius 1 is 1.10 bits per heavy atom. The fourth-order valence-corrected chi connectivity index (χ4v) is 2.89. The Hall–Kier alpha value is -1.28. The Morgan fingerprint density at radius 3 is 2.25 bits per heavy atom. The highest BCUT2D eigenvalue weighted by atomic mass is 15.3. The van der Waals surface area contributed by atoms with Gasteiger partial charge in [0.25, 0.3) is 0 Å². The first-order valence-corrected chi connectivity index (χ1v) is 7.67. The molecule has 112 valence electrons. The third kappa shape index (κ3) is 4.68. The molecule has 0 aromatic heterocycles. The van der Waals surface area contributed by atoms with Crippen LogP contribution in [0.25, 0.3) is 0 Å². The molecule has 20 heavy (non-hydrogen) atoms. The summed E-state index contributed by atoms with van der Waals surface area (Å²) in [5.74, 6) is 0. The molecular weight excluding hydrogens is 244 g/mol. The zero-order chi connectivity index (χ0) is 15.0. The van der Waals surface area contributed by atoms with E-state index in [9.17, 15) is 0 Å². The van der Waals surface area contributed by atoms with Crippen LogP contribution >= 0.6 is 0 Å². The van der Waals surface area contributed by atoms with Crippen LogP contribution in [-0.4, -0.2) is 41.5 Å². The van der Waals surface area contributed by atoms with Crippen LogP contribution in [0.1, 0.15) is 33.6 Å². The Morgan fingerprint density at radius 2 is 1.75 bits per heavy atom. The number of piperazine rings is 1. The van der Waals surface area contributed by atoms with Gasteiger partial charge in [-0.15, -0.1) is 0 Å². The van der Waals surface area contributed by atoms with Gasteiger partial charge in [0.1, 0.15) is 0 Å². The van der Waals surface area contributed by atoms with Crippen LogP contribution in [0.5, 0.6) is 0 Å². The molecule has 0 radical (unpaired) electrons. The van der Waals surface area contributed by atoms with Gasteiger partial charge in [-0.25, -0.2) is 0 Å². The molecule has 0 aromatic carbocycles. The van der Waals surface area contributed by atoms with Crippen molar-refractivity contribution in [2.75, 3.05) is 26.2 Å². The van der Waals surface area contributed by atoms with E-state index in [0.29, 0.717) is 5.54 Å². The zero-order valence-electron chi connectivity index (χ0n) is 13.4. The van der Waals surface area contributed by atoms with E-state index < -0.39 is 0 Å². The summed E-state index contributed by atoms with van der Waals surface area (Å²) in [6, 6.07) is 0. The number of hydrogen-bond donors (Lipinski definition) is 0. The van der Waals surface area contributed by atoms with E-state index in [1.54, 1.807) is 0 Å². The first-order valence-electron chi connectivity index (χ1n) is 7.67. The third-order valence-electron chi connectivity index (χ3n) is 4.05. The molecule has 0 amide bonds. The highest BCUT2D eigenvalue weighted by Gasteiger charge is 2.29. The van der Waals surface area contributed by atoms with Crippen LogP contribution in [0, 0.1) is 0 Å². The maximum Gasteiger partial charge on any atom is 0.0366 e. The van der Waals surface area contributed by atoms with Gasteiger partial charge in [-0.05, 0) is 32.4 Å². The average Bonchev–Trinajstić information content (AvgIpc) is 2.43. The van der Waals surface area contributed by atoms with Gasteiger partial charge in [0.15, 0.2) is 0 Å². The summed E-state index contributed by atoms with van der Waals surface area (Å²) in [6.45, 7) is 19.0. The molecule has 1 heterocycles. The fraction of sp³-hybridized carbons (Fsp3) is 0.556. The molecule has 0 atom stereocenters. The molecule has 1 aliphatic heterocycles. The standard InChI is InChI=1S/C18H30N2/c1-6-9-11-17(10-7-2)19-13-15-20(16-14-19)18(4,5)12-8-3/h6-7,9-11H,1-2,8,12-16H2,3-5H3/b11-9-,17-10+. The maximum absolute atomic E-state index is 3.81. The molecule has 1 rings (SSSR count). The lowest BCUT2D eigenvalue weighted by molar-refractivity contribution is 0.0600. The van der Waals surface area contributed by atoms with Gasteiger partial charge >= 0.3 is 0 Å². The Balaban J connectivity index is 2.64. The average molecular weight is 274 g/mol. The Bertz CT molecular complexity index is 369. The van der Waals surface area contributed by atoms with Crippen molar-refractivity contribution in [3.8, 4) is 0 Å². The van der Waals surface area contributed by atoms with Gasteiger partial charge in [0.2, 0.25) is 0 Å². The predicted octanol–water partition coefficient (Wildman–Crippen LogP) is 3.99. The van der Waals surface area contributed by atoms with Crippen molar-refractivity contribution >= 4 is 0 Å². The summed E-state index contributed by atoms with van der Waals surface area (Å²) >= 11 is 0. The van der Waals surface area contributed by atoms with Crippen LogP contribution in [0.2, 0.25) is 0 Å². The molecule has 1 aliphatic rings. The van der Waals surface area contributed by atoms with Crippen LogP contribution in [-0.2, 0) is 0 Å². The van der Waals surface area contributed by atoms with Gasteiger partial charge in [-0.3, -0.25) is 4.90 Å². The summed E-state index contributed by atoms with van der Waals surface area (Å²) in [5.41, 5.74) is 1.55. The highest BCUT2D eigenvalue weighted by Crippen LogP contribution is 2.23. The Labute approximate surface area is 125 Å². The van der Waals surface area contributed by atoms with Crippen LogP contribution < -0.4 is 0 Å². The van der Waals surface area contributed by atoms with Crippen LogP contribution in [0.15, 0.2) is 49.2 Å². The monoisotopic (exact) mass is 274 g/mol. The predicted molar refractivity (Wildman–Crippen MR) is 89.8 cm³/mol. The van der Waals surface area contributed by atoms with Gasteiger partial charge in [-0.1, -0.05) is 44.7 Å². The molecule has 1 fully saturated rings. The van der Waals surface area contributed by atoms with E-state index in [0.717, 1.165) is 26.2 Å². The van der Waals surface area contributed by atoms with Crippen molar-refractivity contribution in [1.82, 2.24) is 9.80 Å². The first kappa shape index (κ1) is 16.8. The summed E-state index contributed by atoms with van der Waals surface area (Å²) in [5, 5.41) is 0. The minimum atomic E-state index is 0.320. The molecule has 1 saturated heterocycles. The van der Waals surface area contributed by atoms with Gasteiger partial charge in [-0.2, -0.15) is 0 Å². The summed E-state index contributed by atoms with van der Waals surface area (Å²) < 4.78 is 0. The number of nitrogens with zero attached hydrogens (tertiary/aromatic N) is 2. The fourth-order valence-electron chi connectivity index (χ4n) is 2.89. The van der Waals surface area contributed by atoms with Gasteiger partial charge in [0.05, 0.1) is 0 Å². The van der Waals surface area contributed by atoms with Crippen molar-refractivity contribution in [3.05, 3.63) is 49.2 Å². The SMILES string of the molecule is C=C/C=C\C(=C/C=C)N1CCN(C(C)(C)CCC)CC1. The van der Waals surface area contributed by atoms with Crippen molar-refractivity contribution in [3.63, 3.8) is 0 Å². The molecule has 0 aliphatic carbocycles. The minimum absolute atomic E-state index is 0.320. The molecule has 0 unspecified atom stereocenters. The summed E-state index contributed by atoms with van der Waals surface area (Å²) in [6.07, 6.45) is 12.4. The first-order chi connectivity index (χ1) is 9.55. The molecule has 0 bridgehead atoms. The maximum atomic E-state index is 3.81. The smallest absolute Gasteiger partial charge is 0.0366 e. The third-order valence-corrected chi connectivity index (χ3v) is 4.05. The molecule has 2 nitrogen and oxygen atoms in total. The number of allylic oxidation sites excluding steroid dienone is 5. The van der Waals surface area contributed by atoms with Crippen molar-refractivity contribution in [2.45, 2.75) is 39.2 Å². The summed E-state index contributed by atoms with van der Waals surface area (Å²) in [7, 11) is 0. The zero-order valence-corrected chi connectivity index (χ0v) is 13.4. The van der Waals surface area contributed by atoms with Gasteiger partial charge < -0.3 is 4.90 Å². The minimum Gasteiger partial charge on any atom is -0.369 e. The topological polar surface area (TPSA) is 6.48 Å². The highest BCUT2D eigenvalue weighted by molar-refractivity contribution is 5.24.